The quantitative estimate of drug-likeness (QED) is 0.772. The van der Waals surface area contributed by atoms with Gasteiger partial charge in [0.1, 0.15) is 11.3 Å². The van der Waals surface area contributed by atoms with Gasteiger partial charge in [-0.2, -0.15) is 0 Å². The number of para-hydroxylation sites is 2. The molecular formula is C18H16N2O2. The van der Waals surface area contributed by atoms with Crippen LogP contribution in [0, 0.1) is 6.92 Å². The molecule has 1 amide bonds. The number of nitrogens with one attached hydrogen (secondary N) is 1. The van der Waals surface area contributed by atoms with Crippen molar-refractivity contribution in [1.82, 2.24) is 4.57 Å². The number of carbonyl (C=O) groups is 1. The van der Waals surface area contributed by atoms with E-state index >= 15 is 0 Å². The number of hydrogen-bond acceptors (Lipinski definition) is 2. The van der Waals surface area contributed by atoms with Crippen LogP contribution in [0.1, 0.15) is 16.1 Å². The van der Waals surface area contributed by atoms with Crippen LogP contribution in [0.3, 0.4) is 0 Å². The molecule has 0 fully saturated rings. The molecular weight excluding hydrogens is 276 g/mol. The van der Waals surface area contributed by atoms with Crippen LogP contribution < -0.4 is 5.32 Å². The summed E-state index contributed by atoms with van der Waals surface area (Å²) in [6.45, 7) is 1.81. The smallest absolute Gasteiger partial charge is 0.261 e. The molecule has 0 unspecified atom stereocenters. The van der Waals surface area contributed by atoms with E-state index in [4.69, 9.17) is 0 Å². The van der Waals surface area contributed by atoms with Gasteiger partial charge in [-0.1, -0.05) is 36.4 Å². The fourth-order valence-corrected chi connectivity index (χ4v) is 2.44. The van der Waals surface area contributed by atoms with Crippen molar-refractivity contribution in [2.24, 2.45) is 0 Å². The number of amides is 1. The molecule has 1 heterocycles. The number of carbonyl (C=O) groups excluding carboxylic acids is 1. The first-order valence-electron chi connectivity index (χ1n) is 6.99. The highest BCUT2D eigenvalue weighted by Crippen LogP contribution is 2.27. The van der Waals surface area contributed by atoms with Crippen molar-refractivity contribution >= 4 is 11.6 Å². The van der Waals surface area contributed by atoms with Gasteiger partial charge in [-0.15, -0.1) is 0 Å². The summed E-state index contributed by atoms with van der Waals surface area (Å²) in [6.07, 6.45) is 1.56. The van der Waals surface area contributed by atoms with Crippen LogP contribution in [0.5, 0.6) is 5.75 Å². The SMILES string of the molecule is Cc1c(C(=O)Nc2ccccc2)c(O)cn1-c1ccccc1. The minimum atomic E-state index is -0.323. The van der Waals surface area contributed by atoms with Gasteiger partial charge in [0.15, 0.2) is 0 Å². The standard InChI is InChI=1S/C18H16N2O2/c1-13-17(18(22)19-14-8-4-2-5-9-14)16(21)12-20(13)15-10-6-3-7-11-15/h2-12,21H,1H3,(H,19,22). The van der Waals surface area contributed by atoms with E-state index in [1.807, 2.05) is 55.5 Å². The zero-order valence-corrected chi connectivity index (χ0v) is 12.2. The number of anilines is 1. The van der Waals surface area contributed by atoms with E-state index < -0.39 is 0 Å². The van der Waals surface area contributed by atoms with Gasteiger partial charge in [0.25, 0.3) is 5.91 Å². The number of benzene rings is 2. The molecule has 4 heteroatoms. The summed E-state index contributed by atoms with van der Waals surface area (Å²) < 4.78 is 1.80. The van der Waals surface area contributed by atoms with E-state index in [9.17, 15) is 9.90 Å². The van der Waals surface area contributed by atoms with Gasteiger partial charge in [-0.25, -0.2) is 0 Å². The Morgan fingerprint density at radius 3 is 2.23 bits per heavy atom. The van der Waals surface area contributed by atoms with Crippen LogP contribution in [-0.2, 0) is 0 Å². The van der Waals surface area contributed by atoms with Crippen molar-refractivity contribution in [3.8, 4) is 11.4 Å². The predicted octanol–water partition coefficient (Wildman–Crippen LogP) is 3.74. The fraction of sp³-hybridized carbons (Fsp3) is 0.0556. The van der Waals surface area contributed by atoms with Crippen molar-refractivity contribution in [2.45, 2.75) is 6.92 Å². The van der Waals surface area contributed by atoms with E-state index in [0.717, 1.165) is 5.69 Å². The minimum absolute atomic E-state index is 0.0326. The maximum absolute atomic E-state index is 12.4. The molecule has 0 radical (unpaired) electrons. The average Bonchev–Trinajstić information content (AvgIpc) is 2.84. The molecule has 4 nitrogen and oxygen atoms in total. The van der Waals surface area contributed by atoms with Crippen LogP contribution in [0.4, 0.5) is 5.69 Å². The molecule has 0 aliphatic rings. The highest BCUT2D eigenvalue weighted by atomic mass is 16.3. The average molecular weight is 292 g/mol. The second-order valence-corrected chi connectivity index (χ2v) is 5.00. The molecule has 0 saturated heterocycles. The Balaban J connectivity index is 1.95. The Labute approximate surface area is 128 Å². The first kappa shape index (κ1) is 13.9. The third-order valence-electron chi connectivity index (χ3n) is 3.52. The highest BCUT2D eigenvalue weighted by molar-refractivity contribution is 6.07. The summed E-state index contributed by atoms with van der Waals surface area (Å²) >= 11 is 0. The minimum Gasteiger partial charge on any atom is -0.505 e. The van der Waals surface area contributed by atoms with Gasteiger partial charge in [-0.05, 0) is 31.2 Å². The van der Waals surface area contributed by atoms with Crippen molar-refractivity contribution in [3.63, 3.8) is 0 Å². The topological polar surface area (TPSA) is 54.3 Å². The maximum Gasteiger partial charge on any atom is 0.261 e. The lowest BCUT2D eigenvalue weighted by Crippen LogP contribution is -2.13. The Kier molecular flexibility index (Phi) is 3.66. The third-order valence-corrected chi connectivity index (χ3v) is 3.52. The fourth-order valence-electron chi connectivity index (χ4n) is 2.44. The molecule has 2 aromatic carbocycles. The van der Waals surface area contributed by atoms with E-state index in [1.165, 1.54) is 0 Å². The number of aromatic hydroxyl groups is 1. The van der Waals surface area contributed by atoms with Crippen LogP contribution in [0.2, 0.25) is 0 Å². The second-order valence-electron chi connectivity index (χ2n) is 5.00. The first-order valence-corrected chi connectivity index (χ1v) is 6.99. The largest absolute Gasteiger partial charge is 0.505 e. The number of rotatable bonds is 3. The summed E-state index contributed by atoms with van der Waals surface area (Å²) in [5.41, 5.74) is 2.57. The summed E-state index contributed by atoms with van der Waals surface area (Å²) in [5.74, 6) is -0.356. The Hall–Kier alpha value is -3.01. The third kappa shape index (κ3) is 2.59. The van der Waals surface area contributed by atoms with E-state index in [2.05, 4.69) is 5.32 Å². The number of nitrogens with zero attached hydrogens (tertiary/aromatic N) is 1. The van der Waals surface area contributed by atoms with Crippen LogP contribution in [0.25, 0.3) is 5.69 Å². The summed E-state index contributed by atoms with van der Waals surface area (Å²) in [4.78, 5) is 12.4. The molecule has 0 atom stereocenters. The van der Waals surface area contributed by atoms with Crippen LogP contribution >= 0.6 is 0 Å². The van der Waals surface area contributed by atoms with Crippen molar-refractivity contribution in [1.29, 1.82) is 0 Å². The van der Waals surface area contributed by atoms with Crippen LogP contribution in [-0.4, -0.2) is 15.6 Å². The van der Waals surface area contributed by atoms with Gasteiger partial charge >= 0.3 is 0 Å². The predicted molar refractivity (Wildman–Crippen MR) is 86.6 cm³/mol. The van der Waals surface area contributed by atoms with E-state index in [0.29, 0.717) is 11.4 Å². The Morgan fingerprint density at radius 1 is 1.00 bits per heavy atom. The summed E-state index contributed by atoms with van der Waals surface area (Å²) in [7, 11) is 0. The normalized spacial score (nSPS) is 10.4. The molecule has 110 valence electrons. The zero-order valence-electron chi connectivity index (χ0n) is 12.2. The van der Waals surface area contributed by atoms with Gasteiger partial charge in [0, 0.05) is 17.1 Å². The zero-order chi connectivity index (χ0) is 15.5. The molecule has 0 spiro atoms. The van der Waals surface area contributed by atoms with Crippen molar-refractivity contribution in [2.75, 3.05) is 5.32 Å². The monoisotopic (exact) mass is 292 g/mol. The Morgan fingerprint density at radius 2 is 1.59 bits per heavy atom. The Bertz CT molecular complexity index is 793. The summed E-state index contributed by atoms with van der Waals surface area (Å²) in [6, 6.07) is 18.8. The molecule has 3 aromatic rings. The second kappa shape index (κ2) is 5.77. The lowest BCUT2D eigenvalue weighted by molar-refractivity contribution is 0.102. The van der Waals surface area contributed by atoms with Gasteiger partial charge in [0.2, 0.25) is 0 Å². The molecule has 0 bridgehead atoms. The lowest BCUT2D eigenvalue weighted by Gasteiger charge is -2.08. The van der Waals surface area contributed by atoms with Gasteiger partial charge < -0.3 is 15.0 Å². The number of hydrogen-bond donors (Lipinski definition) is 2. The van der Waals surface area contributed by atoms with E-state index in [1.54, 1.807) is 22.9 Å². The molecule has 0 saturated carbocycles. The molecule has 1 aromatic heterocycles. The van der Waals surface area contributed by atoms with Gasteiger partial charge in [0.05, 0.1) is 6.20 Å². The molecule has 0 aliphatic heterocycles. The molecule has 0 aliphatic carbocycles. The highest BCUT2D eigenvalue weighted by Gasteiger charge is 2.19. The summed E-state index contributed by atoms with van der Waals surface area (Å²) in [5, 5.41) is 12.9. The number of aromatic nitrogens is 1. The lowest BCUT2D eigenvalue weighted by atomic mass is 10.2. The molecule has 3 rings (SSSR count). The van der Waals surface area contributed by atoms with E-state index in [-0.39, 0.29) is 17.2 Å². The maximum atomic E-state index is 12.4. The van der Waals surface area contributed by atoms with Gasteiger partial charge in [-0.3, -0.25) is 4.79 Å². The first-order chi connectivity index (χ1) is 10.7. The van der Waals surface area contributed by atoms with Crippen LogP contribution in [0.15, 0.2) is 66.9 Å². The molecule has 22 heavy (non-hydrogen) atoms. The van der Waals surface area contributed by atoms with Crippen molar-refractivity contribution in [3.05, 3.63) is 78.1 Å². The van der Waals surface area contributed by atoms with Crippen molar-refractivity contribution < 1.29 is 9.90 Å². The molecule has 2 N–H and O–H groups in total.